The van der Waals surface area contributed by atoms with E-state index in [1.54, 1.807) is 23.5 Å². The van der Waals surface area contributed by atoms with Crippen molar-refractivity contribution in [3.63, 3.8) is 0 Å². The average molecular weight is 303 g/mol. The van der Waals surface area contributed by atoms with Gasteiger partial charge in [0.1, 0.15) is 0 Å². The lowest BCUT2D eigenvalue weighted by Crippen LogP contribution is -2.40. The Morgan fingerprint density at radius 3 is 2.62 bits per heavy atom. The van der Waals surface area contributed by atoms with Crippen molar-refractivity contribution in [1.82, 2.24) is 10.2 Å². The zero-order chi connectivity index (χ0) is 15.1. The molecule has 0 aliphatic rings. The fourth-order valence-electron chi connectivity index (χ4n) is 1.85. The average Bonchev–Trinajstić information content (AvgIpc) is 2.91. The highest BCUT2D eigenvalue weighted by Gasteiger charge is 2.11. The summed E-state index contributed by atoms with van der Waals surface area (Å²) < 4.78 is 0. The number of hydrogen-bond acceptors (Lipinski definition) is 4. The van der Waals surface area contributed by atoms with Gasteiger partial charge >= 0.3 is 6.03 Å². The molecule has 5 nitrogen and oxygen atoms in total. The molecule has 1 aromatic carbocycles. The first kappa shape index (κ1) is 15.2. The van der Waals surface area contributed by atoms with E-state index in [-0.39, 0.29) is 12.5 Å². The molecule has 6 heteroatoms. The van der Waals surface area contributed by atoms with Crippen molar-refractivity contribution >= 4 is 29.0 Å². The van der Waals surface area contributed by atoms with E-state index in [1.807, 2.05) is 47.0 Å². The zero-order valence-corrected chi connectivity index (χ0v) is 12.5. The van der Waals surface area contributed by atoms with Crippen LogP contribution in [0.5, 0.6) is 0 Å². The number of benzene rings is 1. The topological polar surface area (TPSA) is 61.4 Å². The summed E-state index contributed by atoms with van der Waals surface area (Å²) in [6, 6.07) is 10.5. The van der Waals surface area contributed by atoms with E-state index in [0.29, 0.717) is 12.2 Å². The van der Waals surface area contributed by atoms with Crippen LogP contribution in [-0.2, 0) is 11.3 Å². The van der Waals surface area contributed by atoms with Crippen LogP contribution in [0.4, 0.5) is 10.5 Å². The molecule has 2 aromatic rings. The number of nitrogens with one attached hydrogen (secondary N) is 2. The standard InChI is InChI=1S/C15H17N3O2S/c1-18(9-12-7-8-21-11-12)10-14(19)17-15(20)16-13-5-3-2-4-6-13/h2-8,11H,9-10H2,1H3,(H2,16,17,19,20). The molecular formula is C15H17N3O2S. The van der Waals surface area contributed by atoms with E-state index in [2.05, 4.69) is 10.6 Å². The van der Waals surface area contributed by atoms with E-state index < -0.39 is 6.03 Å². The molecule has 0 fully saturated rings. The van der Waals surface area contributed by atoms with Crippen LogP contribution in [0.25, 0.3) is 0 Å². The van der Waals surface area contributed by atoms with Crippen LogP contribution in [0.3, 0.4) is 0 Å². The van der Waals surface area contributed by atoms with E-state index in [0.717, 1.165) is 5.56 Å². The minimum atomic E-state index is -0.518. The smallest absolute Gasteiger partial charge is 0.308 e. The molecule has 0 bridgehead atoms. The molecule has 1 aromatic heterocycles. The Kier molecular flexibility index (Phi) is 5.48. The summed E-state index contributed by atoms with van der Waals surface area (Å²) in [5.74, 6) is -0.332. The van der Waals surface area contributed by atoms with Gasteiger partial charge in [-0.15, -0.1) is 0 Å². The summed E-state index contributed by atoms with van der Waals surface area (Å²) >= 11 is 1.62. The molecule has 0 saturated heterocycles. The molecule has 2 rings (SSSR count). The van der Waals surface area contributed by atoms with Crippen LogP contribution in [0.1, 0.15) is 5.56 Å². The summed E-state index contributed by atoms with van der Waals surface area (Å²) in [6.45, 7) is 0.843. The molecule has 2 N–H and O–H groups in total. The highest BCUT2D eigenvalue weighted by Crippen LogP contribution is 2.08. The molecule has 0 unspecified atom stereocenters. The van der Waals surface area contributed by atoms with Crippen LogP contribution in [0.15, 0.2) is 47.2 Å². The number of thiophene rings is 1. The number of rotatable bonds is 5. The van der Waals surface area contributed by atoms with E-state index in [9.17, 15) is 9.59 Å². The molecule has 0 aliphatic heterocycles. The first-order valence-electron chi connectivity index (χ1n) is 6.49. The van der Waals surface area contributed by atoms with Crippen molar-refractivity contribution in [2.75, 3.05) is 18.9 Å². The number of hydrogen-bond donors (Lipinski definition) is 2. The number of urea groups is 1. The maximum Gasteiger partial charge on any atom is 0.325 e. The molecule has 21 heavy (non-hydrogen) atoms. The van der Waals surface area contributed by atoms with Crippen molar-refractivity contribution in [3.05, 3.63) is 52.7 Å². The van der Waals surface area contributed by atoms with Gasteiger partial charge in [0, 0.05) is 12.2 Å². The van der Waals surface area contributed by atoms with E-state index in [4.69, 9.17) is 0 Å². The number of nitrogens with zero attached hydrogens (tertiary/aromatic N) is 1. The molecule has 1 heterocycles. The minimum Gasteiger partial charge on any atom is -0.308 e. The lowest BCUT2D eigenvalue weighted by atomic mass is 10.3. The van der Waals surface area contributed by atoms with Gasteiger partial charge in [0.25, 0.3) is 0 Å². The van der Waals surface area contributed by atoms with Gasteiger partial charge < -0.3 is 5.32 Å². The van der Waals surface area contributed by atoms with Crippen molar-refractivity contribution in [3.8, 4) is 0 Å². The van der Waals surface area contributed by atoms with Crippen molar-refractivity contribution in [1.29, 1.82) is 0 Å². The predicted octanol–water partition coefficient (Wildman–Crippen LogP) is 2.53. The number of para-hydroxylation sites is 1. The van der Waals surface area contributed by atoms with Crippen molar-refractivity contribution < 1.29 is 9.59 Å². The molecule has 0 atom stereocenters. The third-order valence-corrected chi connectivity index (χ3v) is 3.46. The quantitative estimate of drug-likeness (QED) is 0.892. The van der Waals surface area contributed by atoms with Gasteiger partial charge in [-0.1, -0.05) is 18.2 Å². The lowest BCUT2D eigenvalue weighted by Gasteiger charge is -2.15. The van der Waals surface area contributed by atoms with Gasteiger partial charge in [-0.05, 0) is 41.6 Å². The molecule has 0 radical (unpaired) electrons. The first-order chi connectivity index (χ1) is 10.1. The Hall–Kier alpha value is -2.18. The van der Waals surface area contributed by atoms with Gasteiger partial charge in [-0.3, -0.25) is 15.0 Å². The maximum atomic E-state index is 11.8. The zero-order valence-electron chi connectivity index (χ0n) is 11.7. The second kappa shape index (κ2) is 7.56. The Bertz CT molecular complexity index is 584. The highest BCUT2D eigenvalue weighted by atomic mass is 32.1. The van der Waals surface area contributed by atoms with Gasteiger partial charge in [0.2, 0.25) is 5.91 Å². The number of likely N-dealkylation sites (N-methyl/N-ethyl adjacent to an activating group) is 1. The second-order valence-electron chi connectivity index (χ2n) is 4.67. The molecule has 0 saturated carbocycles. The first-order valence-corrected chi connectivity index (χ1v) is 7.43. The molecule has 0 aliphatic carbocycles. The number of anilines is 1. The summed E-state index contributed by atoms with van der Waals surface area (Å²) in [5, 5.41) is 8.95. The fourth-order valence-corrected chi connectivity index (χ4v) is 2.51. The normalized spacial score (nSPS) is 10.4. The fraction of sp³-hybridized carbons (Fsp3) is 0.200. The van der Waals surface area contributed by atoms with Gasteiger partial charge in [0.05, 0.1) is 6.54 Å². The largest absolute Gasteiger partial charge is 0.325 e. The van der Waals surface area contributed by atoms with Gasteiger partial charge in [-0.2, -0.15) is 11.3 Å². The van der Waals surface area contributed by atoms with Crippen molar-refractivity contribution in [2.24, 2.45) is 0 Å². The van der Waals surface area contributed by atoms with Crippen LogP contribution < -0.4 is 10.6 Å². The van der Waals surface area contributed by atoms with Crippen molar-refractivity contribution in [2.45, 2.75) is 6.54 Å². The number of carbonyl (C=O) groups excluding carboxylic acids is 2. The third kappa shape index (κ3) is 5.37. The lowest BCUT2D eigenvalue weighted by molar-refractivity contribution is -0.120. The predicted molar refractivity (Wildman–Crippen MR) is 84.3 cm³/mol. The van der Waals surface area contributed by atoms with Crippen LogP contribution in [0.2, 0.25) is 0 Å². The minimum absolute atomic E-state index is 0.165. The summed E-state index contributed by atoms with van der Waals surface area (Å²) in [5.41, 5.74) is 1.80. The number of carbonyl (C=O) groups is 2. The Labute approximate surface area is 127 Å². The second-order valence-corrected chi connectivity index (χ2v) is 5.45. The van der Waals surface area contributed by atoms with Crippen LogP contribution in [0, 0.1) is 0 Å². The maximum absolute atomic E-state index is 11.8. The molecule has 0 spiro atoms. The van der Waals surface area contributed by atoms with E-state index >= 15 is 0 Å². The van der Waals surface area contributed by atoms with Gasteiger partial charge in [-0.25, -0.2) is 4.79 Å². The summed E-state index contributed by atoms with van der Waals surface area (Å²) in [7, 11) is 1.84. The molecule has 110 valence electrons. The number of amides is 3. The highest BCUT2D eigenvalue weighted by molar-refractivity contribution is 7.07. The Morgan fingerprint density at radius 1 is 1.19 bits per heavy atom. The monoisotopic (exact) mass is 303 g/mol. The third-order valence-electron chi connectivity index (χ3n) is 2.73. The molecule has 3 amide bonds. The van der Waals surface area contributed by atoms with Gasteiger partial charge in [0.15, 0.2) is 0 Å². The molecular weight excluding hydrogens is 286 g/mol. The Morgan fingerprint density at radius 2 is 1.95 bits per heavy atom. The number of imide groups is 1. The SMILES string of the molecule is CN(CC(=O)NC(=O)Nc1ccccc1)Cc1ccsc1. The summed E-state index contributed by atoms with van der Waals surface area (Å²) in [6.07, 6.45) is 0. The summed E-state index contributed by atoms with van der Waals surface area (Å²) in [4.78, 5) is 25.3. The van der Waals surface area contributed by atoms with Crippen LogP contribution >= 0.6 is 11.3 Å². The van der Waals surface area contributed by atoms with E-state index in [1.165, 1.54) is 0 Å². The Balaban J connectivity index is 1.74. The van der Waals surface area contributed by atoms with Crippen LogP contribution in [-0.4, -0.2) is 30.4 Å².